The van der Waals surface area contributed by atoms with E-state index in [9.17, 15) is 9.90 Å². The van der Waals surface area contributed by atoms with Gasteiger partial charge in [0.1, 0.15) is 5.75 Å². The summed E-state index contributed by atoms with van der Waals surface area (Å²) in [7, 11) is 0. The van der Waals surface area contributed by atoms with E-state index in [0.29, 0.717) is 15.6 Å². The Kier molecular flexibility index (Phi) is 8.94. The normalized spacial score (nSPS) is 16.8. The molecule has 1 aliphatic heterocycles. The third kappa shape index (κ3) is 6.54. The minimum Gasteiger partial charge on any atom is -0.508 e. The van der Waals surface area contributed by atoms with Crippen LogP contribution in [0.15, 0.2) is 84.9 Å². The van der Waals surface area contributed by atoms with Crippen molar-refractivity contribution in [2.24, 2.45) is 0 Å². The number of rotatable bonds is 7. The van der Waals surface area contributed by atoms with Crippen LogP contribution in [0.1, 0.15) is 58.8 Å². The number of phenols is 1. The quantitative estimate of drug-likeness (QED) is 0.220. The number of aromatic hydroxyl groups is 1. The lowest BCUT2D eigenvalue weighted by atomic mass is 9.91. The molecular weight excluding hydrogens is 577 g/mol. The summed E-state index contributed by atoms with van der Waals surface area (Å²) >= 11 is 12.9. The number of hydrogen-bond acceptors (Lipinski definition) is 4. The van der Waals surface area contributed by atoms with Crippen LogP contribution in [0.2, 0.25) is 10.0 Å². The van der Waals surface area contributed by atoms with Crippen LogP contribution in [-0.4, -0.2) is 48.1 Å². The number of anilines is 1. The third-order valence-corrected chi connectivity index (χ3v) is 9.59. The molecule has 1 saturated carbocycles. The molecule has 6 rings (SSSR count). The van der Waals surface area contributed by atoms with Gasteiger partial charge >= 0.3 is 0 Å². The fraction of sp³-hybridized carbons (Fsp3) is 0.306. The molecule has 0 spiro atoms. The molecule has 1 heterocycles. The molecule has 222 valence electrons. The zero-order chi connectivity index (χ0) is 29.9. The highest BCUT2D eigenvalue weighted by Crippen LogP contribution is 2.39. The molecule has 1 saturated heterocycles. The Morgan fingerprint density at radius 3 is 2.35 bits per heavy atom. The topological polar surface area (TPSA) is 55.8 Å². The van der Waals surface area contributed by atoms with Crippen molar-refractivity contribution >= 4 is 34.8 Å². The van der Waals surface area contributed by atoms with Crippen LogP contribution in [-0.2, 0) is 0 Å². The van der Waals surface area contributed by atoms with Crippen LogP contribution in [0.4, 0.5) is 5.69 Å². The Bertz CT molecular complexity index is 1610. The van der Waals surface area contributed by atoms with Gasteiger partial charge in [-0.3, -0.25) is 9.69 Å². The second-order valence-corrected chi connectivity index (χ2v) is 12.5. The number of piperazine rings is 1. The van der Waals surface area contributed by atoms with Crippen molar-refractivity contribution in [2.45, 2.75) is 44.7 Å². The highest BCUT2D eigenvalue weighted by Gasteiger charge is 2.30. The molecule has 0 aromatic heterocycles. The van der Waals surface area contributed by atoms with Crippen LogP contribution < -0.4 is 10.2 Å². The number of carbonyl (C=O) groups excluding carboxylic acids is 1. The monoisotopic (exact) mass is 613 g/mol. The lowest BCUT2D eigenvalue weighted by molar-refractivity contribution is 0.0937. The number of hydrogen-bond donors (Lipinski definition) is 2. The summed E-state index contributed by atoms with van der Waals surface area (Å²) in [5.74, 6) is 0.202. The first-order valence-electron chi connectivity index (χ1n) is 15.1. The Morgan fingerprint density at radius 2 is 1.58 bits per heavy atom. The Balaban J connectivity index is 1.35. The van der Waals surface area contributed by atoms with Gasteiger partial charge in [-0.2, -0.15) is 0 Å². The number of carbonyl (C=O) groups is 1. The zero-order valence-electron chi connectivity index (χ0n) is 24.4. The Hall–Kier alpha value is -3.51. The van der Waals surface area contributed by atoms with Crippen molar-refractivity contribution < 1.29 is 9.90 Å². The second kappa shape index (κ2) is 13.0. The van der Waals surface area contributed by atoms with E-state index in [4.69, 9.17) is 23.2 Å². The number of nitrogens with zero attached hydrogens (tertiary/aromatic N) is 2. The van der Waals surface area contributed by atoms with Gasteiger partial charge in [-0.05, 0) is 72.9 Å². The summed E-state index contributed by atoms with van der Waals surface area (Å²) in [6.07, 6.45) is 4.40. The molecule has 2 fully saturated rings. The summed E-state index contributed by atoms with van der Waals surface area (Å²) in [6, 6.07) is 27.9. The second-order valence-electron chi connectivity index (χ2n) is 11.7. The number of benzene rings is 4. The average Bonchev–Trinajstić information content (AvgIpc) is 3.53. The predicted molar refractivity (Wildman–Crippen MR) is 177 cm³/mol. The molecule has 0 bridgehead atoms. The standard InChI is InChI=1S/C36H37Cl2N3O2/c1-24-7-4-8-25(21-24)26-15-16-33(42)30(23-26)35(27-9-5-10-28(22-27)36(43)39-29-11-2-3-12-29)41-19-17-40(18-20-41)32-14-6-13-31(37)34(32)38/h4-10,13-16,21-23,29,35,42H,2-3,11-12,17-20H2,1H3,(H,39,43). The molecule has 2 aliphatic rings. The maximum atomic E-state index is 13.3. The minimum atomic E-state index is -0.249. The maximum absolute atomic E-state index is 13.3. The average molecular weight is 615 g/mol. The molecule has 2 N–H and O–H groups in total. The smallest absolute Gasteiger partial charge is 0.251 e. The van der Waals surface area contributed by atoms with Crippen molar-refractivity contribution in [1.29, 1.82) is 0 Å². The first-order valence-corrected chi connectivity index (χ1v) is 15.9. The summed E-state index contributed by atoms with van der Waals surface area (Å²) in [5, 5.41) is 15.7. The van der Waals surface area contributed by atoms with Crippen molar-refractivity contribution in [3.63, 3.8) is 0 Å². The van der Waals surface area contributed by atoms with E-state index in [1.165, 1.54) is 5.56 Å². The van der Waals surface area contributed by atoms with Crippen LogP contribution >= 0.6 is 23.2 Å². The summed E-state index contributed by atoms with van der Waals surface area (Å²) in [6.45, 7) is 5.05. The van der Waals surface area contributed by atoms with Crippen molar-refractivity contribution in [3.05, 3.63) is 117 Å². The Labute approximate surface area is 264 Å². The van der Waals surface area contributed by atoms with E-state index in [-0.39, 0.29) is 23.7 Å². The lowest BCUT2D eigenvalue weighted by Gasteiger charge is -2.41. The van der Waals surface area contributed by atoms with Crippen molar-refractivity contribution in [1.82, 2.24) is 10.2 Å². The SMILES string of the molecule is Cc1cccc(-c2ccc(O)c(C(c3cccc(C(=O)NC4CCCC4)c3)N3CCN(c4cccc(Cl)c4Cl)CC3)c2)c1. The summed E-state index contributed by atoms with van der Waals surface area (Å²) in [5.41, 5.74) is 6.70. The van der Waals surface area contributed by atoms with Gasteiger partial charge in [0, 0.05) is 43.3 Å². The molecule has 1 aliphatic carbocycles. The zero-order valence-corrected chi connectivity index (χ0v) is 25.9. The first kappa shape index (κ1) is 29.6. The third-order valence-electron chi connectivity index (χ3n) is 8.78. The first-order chi connectivity index (χ1) is 20.9. The van der Waals surface area contributed by atoms with Gasteiger partial charge in [0.2, 0.25) is 0 Å². The van der Waals surface area contributed by atoms with Gasteiger partial charge < -0.3 is 15.3 Å². The van der Waals surface area contributed by atoms with E-state index in [2.05, 4.69) is 58.4 Å². The number of nitrogens with one attached hydrogen (secondary N) is 1. The van der Waals surface area contributed by atoms with Crippen LogP contribution in [0.3, 0.4) is 0 Å². The van der Waals surface area contributed by atoms with Crippen LogP contribution in [0.25, 0.3) is 11.1 Å². The lowest BCUT2D eigenvalue weighted by Crippen LogP contribution is -2.48. The van der Waals surface area contributed by atoms with Gasteiger partial charge in [-0.15, -0.1) is 0 Å². The van der Waals surface area contributed by atoms with Crippen LogP contribution in [0, 0.1) is 6.92 Å². The molecule has 4 aromatic rings. The predicted octanol–water partition coefficient (Wildman–Crippen LogP) is 8.26. The highest BCUT2D eigenvalue weighted by atomic mass is 35.5. The molecule has 0 radical (unpaired) electrons. The number of phenolic OH excluding ortho intramolecular Hbond substituents is 1. The van der Waals surface area contributed by atoms with E-state index in [1.54, 1.807) is 12.1 Å². The van der Waals surface area contributed by atoms with Crippen LogP contribution in [0.5, 0.6) is 5.75 Å². The molecule has 1 amide bonds. The molecule has 5 nitrogen and oxygen atoms in total. The van der Waals surface area contributed by atoms with Crippen molar-refractivity contribution in [2.75, 3.05) is 31.1 Å². The molecule has 43 heavy (non-hydrogen) atoms. The maximum Gasteiger partial charge on any atom is 0.251 e. The fourth-order valence-corrected chi connectivity index (χ4v) is 6.93. The number of aryl methyl sites for hydroxylation is 1. The largest absolute Gasteiger partial charge is 0.508 e. The minimum absolute atomic E-state index is 0.0364. The number of halogens is 2. The van der Waals surface area contributed by atoms with Crippen molar-refractivity contribution in [3.8, 4) is 16.9 Å². The van der Waals surface area contributed by atoms with Gasteiger partial charge in [0.25, 0.3) is 5.91 Å². The molecule has 7 heteroatoms. The van der Waals surface area contributed by atoms with Gasteiger partial charge in [0.15, 0.2) is 0 Å². The number of amides is 1. The molecule has 1 unspecified atom stereocenters. The molecular formula is C36H37Cl2N3O2. The van der Waals surface area contributed by atoms with E-state index < -0.39 is 0 Å². The van der Waals surface area contributed by atoms with E-state index in [0.717, 1.165) is 79.8 Å². The fourth-order valence-electron chi connectivity index (χ4n) is 6.51. The highest BCUT2D eigenvalue weighted by molar-refractivity contribution is 6.43. The summed E-state index contributed by atoms with van der Waals surface area (Å²) < 4.78 is 0. The van der Waals surface area contributed by atoms with E-state index >= 15 is 0 Å². The Morgan fingerprint density at radius 1 is 0.860 bits per heavy atom. The van der Waals surface area contributed by atoms with E-state index in [1.807, 2.05) is 36.4 Å². The molecule has 1 atom stereocenters. The molecule has 4 aromatic carbocycles. The van der Waals surface area contributed by atoms with Gasteiger partial charge in [-0.1, -0.05) is 90.1 Å². The van der Waals surface area contributed by atoms with Gasteiger partial charge in [0.05, 0.1) is 21.8 Å². The van der Waals surface area contributed by atoms with Gasteiger partial charge in [-0.25, -0.2) is 0 Å². The summed E-state index contributed by atoms with van der Waals surface area (Å²) in [4.78, 5) is 17.9.